The van der Waals surface area contributed by atoms with Crippen LogP contribution in [-0.2, 0) is 4.79 Å². The van der Waals surface area contributed by atoms with Crippen LogP contribution in [0.25, 0.3) is 16.9 Å². The van der Waals surface area contributed by atoms with Crippen LogP contribution in [0.1, 0.15) is 40.5 Å². The lowest BCUT2D eigenvalue weighted by Crippen LogP contribution is -2.18. The molecule has 1 unspecified atom stereocenters. The van der Waals surface area contributed by atoms with Gasteiger partial charge in [0.25, 0.3) is 0 Å². The van der Waals surface area contributed by atoms with E-state index in [4.69, 9.17) is 4.98 Å². The number of halogens is 2. The van der Waals surface area contributed by atoms with Crippen molar-refractivity contribution < 1.29 is 4.79 Å². The van der Waals surface area contributed by atoms with E-state index in [0.717, 1.165) is 38.0 Å². The Morgan fingerprint density at radius 2 is 1.86 bits per heavy atom. The summed E-state index contributed by atoms with van der Waals surface area (Å²) in [4.78, 5) is 17.0. The summed E-state index contributed by atoms with van der Waals surface area (Å²) in [5, 5.41) is 3.00. The van der Waals surface area contributed by atoms with Gasteiger partial charge in [-0.1, -0.05) is 39.8 Å². The van der Waals surface area contributed by atoms with Crippen LogP contribution in [0.4, 0.5) is 5.69 Å². The van der Waals surface area contributed by atoms with Gasteiger partial charge in [-0.25, -0.2) is 4.98 Å². The Labute approximate surface area is 183 Å². The molecule has 0 aliphatic rings. The molecule has 1 N–H and O–H groups in total. The molecule has 1 amide bonds. The number of nitrogens with zero attached hydrogens (tertiary/aromatic N) is 2. The first kappa shape index (κ1) is 21.1. The molecule has 4 nitrogen and oxygen atoms in total. The number of carbonyl (C=O) groups is 1. The molecule has 0 fully saturated rings. The van der Waals surface area contributed by atoms with Crippen molar-refractivity contribution in [3.05, 3.63) is 51.7 Å². The second kappa shape index (κ2) is 8.37. The van der Waals surface area contributed by atoms with Gasteiger partial charge in [0.05, 0.1) is 10.2 Å². The quantitative estimate of drug-likeness (QED) is 0.407. The van der Waals surface area contributed by atoms with Crippen LogP contribution in [-0.4, -0.2) is 15.3 Å². The third kappa shape index (κ3) is 5.45. The molecule has 2 aromatic heterocycles. The maximum absolute atomic E-state index is 12.3. The third-order valence-electron chi connectivity index (χ3n) is 4.43. The van der Waals surface area contributed by atoms with E-state index in [1.807, 2.05) is 47.1 Å². The fraction of sp³-hybridized carbons (Fsp3) is 0.364. The van der Waals surface area contributed by atoms with Gasteiger partial charge in [0.15, 0.2) is 5.65 Å². The van der Waals surface area contributed by atoms with E-state index >= 15 is 0 Å². The lowest BCUT2D eigenvalue weighted by Gasteiger charge is -2.22. The van der Waals surface area contributed by atoms with Crippen LogP contribution < -0.4 is 5.32 Å². The highest BCUT2D eigenvalue weighted by Gasteiger charge is 2.18. The van der Waals surface area contributed by atoms with E-state index in [9.17, 15) is 4.79 Å². The average Bonchev–Trinajstić information content (AvgIpc) is 2.97. The largest absolute Gasteiger partial charge is 0.326 e. The van der Waals surface area contributed by atoms with E-state index in [1.165, 1.54) is 0 Å². The van der Waals surface area contributed by atoms with E-state index in [0.29, 0.717) is 12.3 Å². The van der Waals surface area contributed by atoms with Gasteiger partial charge >= 0.3 is 0 Å². The number of carbonyl (C=O) groups excluding carboxylic acids is 1. The van der Waals surface area contributed by atoms with Gasteiger partial charge in [-0.15, -0.1) is 0 Å². The zero-order valence-corrected chi connectivity index (χ0v) is 19.8. The number of amides is 1. The van der Waals surface area contributed by atoms with Gasteiger partial charge < -0.3 is 9.72 Å². The molecular weight excluding hydrogens is 482 g/mol. The van der Waals surface area contributed by atoms with E-state index < -0.39 is 0 Å². The Morgan fingerprint density at radius 3 is 2.50 bits per heavy atom. The first-order chi connectivity index (χ1) is 13.1. The molecule has 1 aromatic carbocycles. The molecule has 2 heterocycles. The van der Waals surface area contributed by atoms with Crippen LogP contribution in [0.15, 0.2) is 51.7 Å². The summed E-state index contributed by atoms with van der Waals surface area (Å²) < 4.78 is 3.89. The van der Waals surface area contributed by atoms with Crippen molar-refractivity contribution in [3.8, 4) is 11.3 Å². The Hall–Kier alpha value is -1.66. The summed E-state index contributed by atoms with van der Waals surface area (Å²) in [6, 6.07) is 9.80. The summed E-state index contributed by atoms with van der Waals surface area (Å²) in [6.07, 6.45) is 5.53. The summed E-state index contributed by atoms with van der Waals surface area (Å²) >= 11 is 7.04. The molecule has 6 heteroatoms. The Balaban J connectivity index is 1.68. The van der Waals surface area contributed by atoms with Crippen molar-refractivity contribution in [2.45, 2.75) is 40.5 Å². The lowest BCUT2D eigenvalue weighted by molar-refractivity contribution is -0.117. The smallest absolute Gasteiger partial charge is 0.224 e. The Morgan fingerprint density at radius 1 is 1.18 bits per heavy atom. The standard InChI is InChI=1S/C22H25Br2N3O/c1-14(11-22(2,3)4)9-20(28)25-17-7-5-15(6-8-17)19-13-27-12-16(23)10-18(24)21(27)26-19/h5-8,10,12-14H,9,11H2,1-4H3,(H,25,28). The zero-order valence-electron chi connectivity index (χ0n) is 16.6. The highest BCUT2D eigenvalue weighted by Crippen LogP contribution is 2.28. The predicted octanol–water partition coefficient (Wildman–Crippen LogP) is 6.93. The average molecular weight is 507 g/mol. The van der Waals surface area contributed by atoms with Crippen molar-refractivity contribution in [3.63, 3.8) is 0 Å². The van der Waals surface area contributed by atoms with E-state index in [-0.39, 0.29) is 11.3 Å². The van der Waals surface area contributed by atoms with Gasteiger partial charge in [-0.05, 0) is 67.8 Å². The van der Waals surface area contributed by atoms with Gasteiger partial charge in [0.2, 0.25) is 5.91 Å². The first-order valence-corrected chi connectivity index (χ1v) is 10.9. The second-order valence-corrected chi connectivity index (χ2v) is 10.3. The summed E-state index contributed by atoms with van der Waals surface area (Å²) in [6.45, 7) is 8.75. The summed E-state index contributed by atoms with van der Waals surface area (Å²) in [5.41, 5.74) is 3.80. The topological polar surface area (TPSA) is 46.4 Å². The SMILES string of the molecule is CC(CC(=O)Nc1ccc(-c2cn3cc(Br)cc(Br)c3n2)cc1)CC(C)(C)C. The van der Waals surface area contributed by atoms with E-state index in [1.54, 1.807) is 0 Å². The van der Waals surface area contributed by atoms with Crippen LogP contribution in [0.3, 0.4) is 0 Å². The molecule has 28 heavy (non-hydrogen) atoms. The van der Waals surface area contributed by atoms with Crippen molar-refractivity contribution in [1.29, 1.82) is 0 Å². The minimum Gasteiger partial charge on any atom is -0.326 e. The van der Waals surface area contributed by atoms with Gasteiger partial charge in [-0.3, -0.25) is 4.79 Å². The van der Waals surface area contributed by atoms with Gasteiger partial charge in [0, 0.05) is 34.5 Å². The van der Waals surface area contributed by atoms with Crippen LogP contribution in [0, 0.1) is 11.3 Å². The molecular formula is C22H25Br2N3O. The number of anilines is 1. The minimum absolute atomic E-state index is 0.0611. The van der Waals surface area contributed by atoms with Crippen LogP contribution in [0.2, 0.25) is 0 Å². The van der Waals surface area contributed by atoms with Crippen molar-refractivity contribution in [2.75, 3.05) is 5.32 Å². The number of hydrogen-bond acceptors (Lipinski definition) is 2. The normalized spacial score (nSPS) is 12.9. The number of nitrogens with one attached hydrogen (secondary N) is 1. The molecule has 1 atom stereocenters. The number of hydrogen-bond donors (Lipinski definition) is 1. The molecule has 148 valence electrons. The molecule has 0 saturated carbocycles. The fourth-order valence-corrected chi connectivity index (χ4v) is 4.83. The van der Waals surface area contributed by atoms with Crippen molar-refractivity contribution in [2.24, 2.45) is 11.3 Å². The lowest BCUT2D eigenvalue weighted by atomic mass is 9.84. The summed E-state index contributed by atoms with van der Waals surface area (Å²) in [5.74, 6) is 0.418. The number of pyridine rings is 1. The number of fused-ring (bicyclic) bond motifs is 1. The molecule has 0 radical (unpaired) electrons. The number of imidazole rings is 1. The highest BCUT2D eigenvalue weighted by molar-refractivity contribution is 9.11. The highest BCUT2D eigenvalue weighted by atomic mass is 79.9. The first-order valence-electron chi connectivity index (χ1n) is 9.35. The molecule has 0 aliphatic heterocycles. The minimum atomic E-state index is 0.0611. The molecule has 0 saturated heterocycles. The van der Waals surface area contributed by atoms with E-state index in [2.05, 4.69) is 64.9 Å². The number of rotatable bonds is 5. The Bertz CT molecular complexity index is 987. The van der Waals surface area contributed by atoms with Crippen LogP contribution >= 0.6 is 31.9 Å². The molecule has 0 spiro atoms. The maximum Gasteiger partial charge on any atom is 0.224 e. The third-order valence-corrected chi connectivity index (χ3v) is 5.45. The van der Waals surface area contributed by atoms with Crippen molar-refractivity contribution in [1.82, 2.24) is 9.38 Å². The number of benzene rings is 1. The molecule has 0 aliphatic carbocycles. The zero-order chi connectivity index (χ0) is 20.5. The second-order valence-electron chi connectivity index (χ2n) is 8.56. The Kier molecular flexibility index (Phi) is 6.30. The predicted molar refractivity (Wildman–Crippen MR) is 123 cm³/mol. The molecule has 0 bridgehead atoms. The monoisotopic (exact) mass is 505 g/mol. The van der Waals surface area contributed by atoms with Crippen LogP contribution in [0.5, 0.6) is 0 Å². The number of aromatic nitrogens is 2. The fourth-order valence-electron chi connectivity index (χ4n) is 3.53. The van der Waals surface area contributed by atoms with Gasteiger partial charge in [0.1, 0.15) is 0 Å². The summed E-state index contributed by atoms with van der Waals surface area (Å²) in [7, 11) is 0. The maximum atomic E-state index is 12.3. The van der Waals surface area contributed by atoms with Gasteiger partial charge in [-0.2, -0.15) is 0 Å². The molecule has 3 aromatic rings. The van der Waals surface area contributed by atoms with Crippen molar-refractivity contribution >= 4 is 49.1 Å². The molecule has 3 rings (SSSR count).